The largest absolute Gasteiger partial charge is 0.381 e. The first-order valence-electron chi connectivity index (χ1n) is 7.06. The molecule has 2 fully saturated rings. The number of likely N-dealkylation sites (tertiary alicyclic amines) is 1. The lowest BCUT2D eigenvalue weighted by molar-refractivity contribution is -0.134. The van der Waals surface area contributed by atoms with Crippen LogP contribution in [-0.2, 0) is 14.3 Å². The lowest BCUT2D eigenvalue weighted by Crippen LogP contribution is -2.41. The van der Waals surface area contributed by atoms with Crippen LogP contribution in [0.4, 0.5) is 0 Å². The Bertz CT molecular complexity index is 314. The highest BCUT2D eigenvalue weighted by Crippen LogP contribution is 2.44. The van der Waals surface area contributed by atoms with E-state index in [0.29, 0.717) is 5.92 Å². The summed E-state index contributed by atoms with van der Waals surface area (Å²) in [5.74, 6) is 0.668. The maximum absolute atomic E-state index is 12.1. The molecular formula is C14H26N2O3. The summed E-state index contributed by atoms with van der Waals surface area (Å²) in [6, 6.07) is 0. The van der Waals surface area contributed by atoms with Crippen molar-refractivity contribution in [1.82, 2.24) is 9.80 Å². The van der Waals surface area contributed by atoms with Gasteiger partial charge < -0.3 is 19.3 Å². The van der Waals surface area contributed by atoms with E-state index in [-0.39, 0.29) is 17.9 Å². The number of ether oxygens (including phenoxy) is 2. The van der Waals surface area contributed by atoms with Gasteiger partial charge in [-0.3, -0.25) is 4.79 Å². The van der Waals surface area contributed by atoms with Crippen LogP contribution in [0.25, 0.3) is 0 Å². The van der Waals surface area contributed by atoms with Crippen molar-refractivity contribution >= 4 is 5.91 Å². The fraction of sp³-hybridized carbons (Fsp3) is 0.929. The van der Waals surface area contributed by atoms with Gasteiger partial charge in [0.05, 0.1) is 0 Å². The molecule has 2 aliphatic heterocycles. The molecule has 0 aromatic carbocycles. The van der Waals surface area contributed by atoms with E-state index in [2.05, 4.69) is 19.0 Å². The summed E-state index contributed by atoms with van der Waals surface area (Å²) in [6.07, 6.45) is 2.14. The lowest BCUT2D eigenvalue weighted by atomic mass is 9.72. The summed E-state index contributed by atoms with van der Waals surface area (Å²) in [6.45, 7) is 4.63. The van der Waals surface area contributed by atoms with Gasteiger partial charge >= 0.3 is 0 Å². The minimum atomic E-state index is 0.120. The minimum absolute atomic E-state index is 0.120. The zero-order valence-electron chi connectivity index (χ0n) is 12.4. The smallest absolute Gasteiger partial charge is 0.248 e. The monoisotopic (exact) mass is 270 g/mol. The molecular weight excluding hydrogens is 244 g/mol. The van der Waals surface area contributed by atoms with Crippen molar-refractivity contribution in [2.24, 2.45) is 11.3 Å². The molecule has 1 spiro atoms. The second-order valence-corrected chi connectivity index (χ2v) is 6.14. The van der Waals surface area contributed by atoms with Crippen LogP contribution in [0.2, 0.25) is 0 Å². The van der Waals surface area contributed by atoms with Crippen molar-refractivity contribution in [1.29, 1.82) is 0 Å². The Morgan fingerprint density at radius 2 is 2.11 bits per heavy atom. The third-order valence-electron chi connectivity index (χ3n) is 4.51. The van der Waals surface area contributed by atoms with Gasteiger partial charge in [0, 0.05) is 40.0 Å². The van der Waals surface area contributed by atoms with Gasteiger partial charge in [0.1, 0.15) is 6.61 Å². The van der Waals surface area contributed by atoms with E-state index in [1.807, 2.05) is 4.90 Å². The molecule has 0 saturated carbocycles. The van der Waals surface area contributed by atoms with E-state index in [9.17, 15) is 4.79 Å². The van der Waals surface area contributed by atoms with Gasteiger partial charge in [0.2, 0.25) is 5.91 Å². The fourth-order valence-corrected chi connectivity index (χ4v) is 3.47. The van der Waals surface area contributed by atoms with E-state index >= 15 is 0 Å². The molecule has 1 atom stereocenters. The van der Waals surface area contributed by atoms with Gasteiger partial charge in [-0.05, 0) is 38.3 Å². The van der Waals surface area contributed by atoms with Gasteiger partial charge in [-0.1, -0.05) is 0 Å². The summed E-state index contributed by atoms with van der Waals surface area (Å²) in [5, 5.41) is 0. The molecule has 0 aromatic heterocycles. The Morgan fingerprint density at radius 1 is 1.42 bits per heavy atom. The van der Waals surface area contributed by atoms with Crippen LogP contribution in [-0.4, -0.2) is 76.4 Å². The zero-order chi connectivity index (χ0) is 13.9. The SMILES string of the molecule is COCC(=O)N1C[C@@H](CN(C)C)C2(CCOCC2)C1. The highest BCUT2D eigenvalue weighted by Gasteiger charge is 2.48. The number of rotatable bonds is 4. The number of hydrogen-bond acceptors (Lipinski definition) is 4. The Kier molecular flexibility index (Phi) is 4.81. The first-order valence-corrected chi connectivity index (χ1v) is 7.06. The quantitative estimate of drug-likeness (QED) is 0.744. The lowest BCUT2D eigenvalue weighted by Gasteiger charge is -2.38. The maximum atomic E-state index is 12.1. The molecule has 0 unspecified atom stereocenters. The molecule has 2 saturated heterocycles. The topological polar surface area (TPSA) is 42.0 Å². The molecule has 2 rings (SSSR count). The molecule has 1 amide bonds. The summed E-state index contributed by atoms with van der Waals surface area (Å²) in [5.41, 5.74) is 0.256. The van der Waals surface area contributed by atoms with Crippen molar-refractivity contribution in [2.45, 2.75) is 12.8 Å². The highest BCUT2D eigenvalue weighted by molar-refractivity contribution is 5.77. The molecule has 0 aliphatic carbocycles. The molecule has 0 radical (unpaired) electrons. The predicted octanol–water partition coefficient (Wildman–Crippen LogP) is 0.450. The van der Waals surface area contributed by atoms with Crippen LogP contribution in [0.3, 0.4) is 0 Å². The third kappa shape index (κ3) is 3.27. The van der Waals surface area contributed by atoms with E-state index in [4.69, 9.17) is 9.47 Å². The van der Waals surface area contributed by atoms with Gasteiger partial charge in [-0.2, -0.15) is 0 Å². The van der Waals surface area contributed by atoms with Crippen LogP contribution in [0.1, 0.15) is 12.8 Å². The predicted molar refractivity (Wildman–Crippen MR) is 73.0 cm³/mol. The van der Waals surface area contributed by atoms with Crippen molar-refractivity contribution in [3.8, 4) is 0 Å². The van der Waals surface area contributed by atoms with Crippen molar-refractivity contribution in [2.75, 3.05) is 60.7 Å². The fourth-order valence-electron chi connectivity index (χ4n) is 3.47. The van der Waals surface area contributed by atoms with E-state index < -0.39 is 0 Å². The number of amides is 1. The maximum Gasteiger partial charge on any atom is 0.248 e. The second kappa shape index (κ2) is 6.20. The Morgan fingerprint density at radius 3 is 2.68 bits per heavy atom. The van der Waals surface area contributed by atoms with Gasteiger partial charge in [-0.15, -0.1) is 0 Å². The zero-order valence-corrected chi connectivity index (χ0v) is 12.4. The van der Waals surface area contributed by atoms with E-state index in [0.717, 1.165) is 45.7 Å². The number of nitrogens with zero attached hydrogens (tertiary/aromatic N) is 2. The minimum Gasteiger partial charge on any atom is -0.381 e. The molecule has 0 bridgehead atoms. The molecule has 2 aliphatic rings. The van der Waals surface area contributed by atoms with Crippen LogP contribution in [0.5, 0.6) is 0 Å². The first kappa shape index (κ1) is 14.8. The number of hydrogen-bond donors (Lipinski definition) is 0. The van der Waals surface area contributed by atoms with Crippen LogP contribution >= 0.6 is 0 Å². The van der Waals surface area contributed by atoms with E-state index in [1.165, 1.54) is 0 Å². The summed E-state index contributed by atoms with van der Waals surface area (Å²) >= 11 is 0. The number of carbonyl (C=O) groups excluding carboxylic acids is 1. The number of methoxy groups -OCH3 is 1. The van der Waals surface area contributed by atoms with Gasteiger partial charge in [-0.25, -0.2) is 0 Å². The van der Waals surface area contributed by atoms with Crippen LogP contribution < -0.4 is 0 Å². The average Bonchev–Trinajstić information content (AvgIpc) is 2.69. The van der Waals surface area contributed by atoms with Crippen LogP contribution in [0.15, 0.2) is 0 Å². The normalized spacial score (nSPS) is 26.3. The molecule has 0 N–H and O–H groups in total. The van der Waals surface area contributed by atoms with Crippen molar-refractivity contribution < 1.29 is 14.3 Å². The second-order valence-electron chi connectivity index (χ2n) is 6.14. The standard InChI is InChI=1S/C14H26N2O3/c1-15(2)8-12-9-16(13(17)10-18-3)11-14(12)4-6-19-7-5-14/h12H,4-11H2,1-3H3/t12-/m1/s1. The summed E-state index contributed by atoms with van der Waals surface area (Å²) in [4.78, 5) is 16.3. The Labute approximate surface area is 115 Å². The molecule has 110 valence electrons. The molecule has 5 nitrogen and oxygen atoms in total. The van der Waals surface area contributed by atoms with Crippen molar-refractivity contribution in [3.05, 3.63) is 0 Å². The Balaban J connectivity index is 2.08. The third-order valence-corrected chi connectivity index (χ3v) is 4.51. The van der Waals surface area contributed by atoms with Crippen LogP contribution in [0, 0.1) is 11.3 Å². The molecule has 0 aromatic rings. The average molecular weight is 270 g/mol. The van der Waals surface area contributed by atoms with Gasteiger partial charge in [0.15, 0.2) is 0 Å². The summed E-state index contributed by atoms with van der Waals surface area (Å²) in [7, 11) is 5.79. The molecule has 5 heteroatoms. The molecule has 19 heavy (non-hydrogen) atoms. The Hall–Kier alpha value is -0.650. The van der Waals surface area contributed by atoms with Crippen molar-refractivity contribution in [3.63, 3.8) is 0 Å². The van der Waals surface area contributed by atoms with E-state index in [1.54, 1.807) is 7.11 Å². The summed E-state index contributed by atoms with van der Waals surface area (Å²) < 4.78 is 10.5. The highest BCUT2D eigenvalue weighted by atomic mass is 16.5. The number of carbonyl (C=O) groups is 1. The van der Waals surface area contributed by atoms with Gasteiger partial charge in [0.25, 0.3) is 0 Å². The first-order chi connectivity index (χ1) is 9.07. The molecule has 2 heterocycles.